The summed E-state index contributed by atoms with van der Waals surface area (Å²) in [5, 5.41) is 8.98. The van der Waals surface area contributed by atoms with Crippen molar-refractivity contribution in [2.24, 2.45) is 0 Å². The highest BCUT2D eigenvalue weighted by molar-refractivity contribution is 5.82. The van der Waals surface area contributed by atoms with Gasteiger partial charge in [0, 0.05) is 13.1 Å². The van der Waals surface area contributed by atoms with Crippen LogP contribution in [0.25, 0.3) is 0 Å². The number of aliphatic hydroxyl groups is 1. The van der Waals surface area contributed by atoms with Crippen LogP contribution in [0.4, 0.5) is 13.2 Å². The number of carbonyl (C=O) groups excluding carboxylic acids is 1. The highest BCUT2D eigenvalue weighted by Crippen LogP contribution is 2.25. The molecule has 0 bridgehead atoms. The Bertz CT molecular complexity index is 471. The lowest BCUT2D eigenvalue weighted by atomic mass is 9.97. The number of rotatable bonds is 1. The van der Waals surface area contributed by atoms with Crippen molar-refractivity contribution in [3.05, 3.63) is 34.9 Å². The minimum atomic E-state index is -4.83. The molecule has 1 N–H and O–H groups in total. The van der Waals surface area contributed by atoms with E-state index in [1.54, 1.807) is 18.2 Å². The fourth-order valence-corrected chi connectivity index (χ4v) is 2.06. The van der Waals surface area contributed by atoms with Crippen LogP contribution in [0.2, 0.25) is 0 Å². The summed E-state index contributed by atoms with van der Waals surface area (Å²) < 4.78 is 37.0. The third-order valence-electron chi connectivity index (χ3n) is 3.00. The average molecular weight is 259 g/mol. The van der Waals surface area contributed by atoms with Crippen LogP contribution in [0.15, 0.2) is 18.2 Å². The summed E-state index contributed by atoms with van der Waals surface area (Å²) in [5.41, 5.74) is 2.24. The number of amides is 1. The van der Waals surface area contributed by atoms with Gasteiger partial charge in [-0.15, -0.1) is 0 Å². The molecule has 0 saturated carbocycles. The van der Waals surface area contributed by atoms with Gasteiger partial charge >= 0.3 is 12.1 Å². The molecule has 0 fully saturated rings. The smallest absolute Gasteiger partial charge is 0.392 e. The molecule has 0 unspecified atom stereocenters. The topological polar surface area (TPSA) is 40.5 Å². The van der Waals surface area contributed by atoms with Crippen LogP contribution in [0.5, 0.6) is 0 Å². The van der Waals surface area contributed by atoms with E-state index in [1.807, 2.05) is 0 Å². The zero-order valence-corrected chi connectivity index (χ0v) is 9.50. The van der Waals surface area contributed by atoms with E-state index < -0.39 is 12.1 Å². The summed E-state index contributed by atoms with van der Waals surface area (Å²) in [6.45, 7) is -0.147. The van der Waals surface area contributed by atoms with E-state index in [4.69, 9.17) is 5.11 Å². The molecule has 6 heteroatoms. The Hall–Kier alpha value is -1.56. The van der Waals surface area contributed by atoms with Crippen molar-refractivity contribution in [3.8, 4) is 0 Å². The van der Waals surface area contributed by atoms with Crippen molar-refractivity contribution in [2.45, 2.75) is 25.7 Å². The standard InChI is InChI=1S/C12H12F3NO2/c13-12(14,15)11(18)16-4-3-9-2-1-8(7-17)5-10(9)6-16/h1-2,5,17H,3-4,6-7H2. The lowest BCUT2D eigenvalue weighted by molar-refractivity contribution is -0.186. The normalized spacial score (nSPS) is 15.4. The van der Waals surface area contributed by atoms with Crippen LogP contribution in [-0.4, -0.2) is 28.6 Å². The van der Waals surface area contributed by atoms with E-state index >= 15 is 0 Å². The third kappa shape index (κ3) is 2.48. The zero-order valence-electron chi connectivity index (χ0n) is 9.50. The van der Waals surface area contributed by atoms with Gasteiger partial charge in [-0.05, 0) is 23.1 Å². The lowest BCUT2D eigenvalue weighted by Crippen LogP contribution is -2.43. The van der Waals surface area contributed by atoms with Crippen molar-refractivity contribution >= 4 is 5.91 Å². The molecule has 1 aliphatic heterocycles. The van der Waals surface area contributed by atoms with Gasteiger partial charge in [0.25, 0.3) is 0 Å². The Morgan fingerprint density at radius 2 is 2.06 bits per heavy atom. The van der Waals surface area contributed by atoms with Crippen LogP contribution >= 0.6 is 0 Å². The van der Waals surface area contributed by atoms with Gasteiger partial charge in [0.2, 0.25) is 0 Å². The van der Waals surface area contributed by atoms with Gasteiger partial charge in [0.15, 0.2) is 0 Å². The van der Waals surface area contributed by atoms with Crippen molar-refractivity contribution in [3.63, 3.8) is 0 Å². The number of carbonyl (C=O) groups is 1. The Morgan fingerprint density at radius 3 is 2.67 bits per heavy atom. The van der Waals surface area contributed by atoms with Crippen LogP contribution in [0.1, 0.15) is 16.7 Å². The summed E-state index contributed by atoms with van der Waals surface area (Å²) in [7, 11) is 0. The largest absolute Gasteiger partial charge is 0.471 e. The van der Waals surface area contributed by atoms with Gasteiger partial charge in [-0.1, -0.05) is 18.2 Å². The van der Waals surface area contributed by atoms with Gasteiger partial charge in [0.05, 0.1) is 6.61 Å². The van der Waals surface area contributed by atoms with Gasteiger partial charge in [-0.2, -0.15) is 13.2 Å². The average Bonchev–Trinajstić information content (AvgIpc) is 2.35. The van der Waals surface area contributed by atoms with Crippen LogP contribution in [-0.2, 0) is 24.4 Å². The zero-order chi connectivity index (χ0) is 13.3. The second kappa shape index (κ2) is 4.61. The minimum absolute atomic E-state index is 0.0541. The molecule has 0 saturated heterocycles. The van der Waals surface area contributed by atoms with E-state index in [0.29, 0.717) is 17.5 Å². The number of hydrogen-bond donors (Lipinski definition) is 1. The Morgan fingerprint density at radius 1 is 1.33 bits per heavy atom. The number of benzene rings is 1. The molecule has 98 valence electrons. The number of fused-ring (bicyclic) bond motifs is 1. The van der Waals surface area contributed by atoms with Crippen molar-refractivity contribution in [1.29, 1.82) is 0 Å². The van der Waals surface area contributed by atoms with E-state index in [0.717, 1.165) is 10.5 Å². The van der Waals surface area contributed by atoms with Crippen molar-refractivity contribution in [2.75, 3.05) is 6.54 Å². The SMILES string of the molecule is O=C(N1CCc2ccc(CO)cc2C1)C(F)(F)F. The molecule has 1 aliphatic rings. The molecule has 1 amide bonds. The predicted octanol–water partition coefficient (Wildman–Crippen LogP) is 1.63. The molecule has 0 radical (unpaired) electrons. The molecule has 0 aromatic heterocycles. The highest BCUT2D eigenvalue weighted by atomic mass is 19.4. The van der Waals surface area contributed by atoms with Crippen LogP contribution in [0, 0.1) is 0 Å². The first kappa shape index (κ1) is 12.9. The van der Waals surface area contributed by atoms with E-state index in [-0.39, 0.29) is 19.7 Å². The van der Waals surface area contributed by atoms with Gasteiger partial charge in [-0.25, -0.2) is 0 Å². The molecule has 3 nitrogen and oxygen atoms in total. The molecule has 0 aliphatic carbocycles. The molecule has 1 aromatic carbocycles. The van der Waals surface area contributed by atoms with Crippen molar-refractivity contribution in [1.82, 2.24) is 4.90 Å². The van der Waals surface area contributed by atoms with Gasteiger partial charge in [0.1, 0.15) is 0 Å². The number of halogens is 3. The Balaban J connectivity index is 2.21. The van der Waals surface area contributed by atoms with Crippen LogP contribution < -0.4 is 0 Å². The number of alkyl halides is 3. The third-order valence-corrected chi connectivity index (χ3v) is 3.00. The molecule has 0 spiro atoms. The Labute approximate surface area is 102 Å². The maximum absolute atomic E-state index is 12.3. The summed E-state index contributed by atoms with van der Waals surface area (Å²) in [5.74, 6) is -1.80. The maximum Gasteiger partial charge on any atom is 0.471 e. The molecular formula is C12H12F3NO2. The number of hydrogen-bond acceptors (Lipinski definition) is 2. The summed E-state index contributed by atoms with van der Waals surface area (Å²) >= 11 is 0. The monoisotopic (exact) mass is 259 g/mol. The fourth-order valence-electron chi connectivity index (χ4n) is 2.06. The molecule has 2 rings (SSSR count). The van der Waals surface area contributed by atoms with E-state index in [1.165, 1.54) is 0 Å². The molecular weight excluding hydrogens is 247 g/mol. The predicted molar refractivity (Wildman–Crippen MR) is 57.5 cm³/mol. The Kier molecular flexibility index (Phi) is 3.30. The minimum Gasteiger partial charge on any atom is -0.392 e. The molecule has 18 heavy (non-hydrogen) atoms. The van der Waals surface area contributed by atoms with Crippen molar-refractivity contribution < 1.29 is 23.1 Å². The highest BCUT2D eigenvalue weighted by Gasteiger charge is 2.43. The second-order valence-electron chi connectivity index (χ2n) is 4.24. The van der Waals surface area contributed by atoms with Gasteiger partial charge < -0.3 is 10.0 Å². The van der Waals surface area contributed by atoms with Gasteiger partial charge in [-0.3, -0.25) is 4.79 Å². The number of nitrogens with zero attached hydrogens (tertiary/aromatic N) is 1. The quantitative estimate of drug-likeness (QED) is 0.832. The summed E-state index contributed by atoms with van der Waals surface area (Å²) in [4.78, 5) is 11.9. The van der Waals surface area contributed by atoms with E-state index in [2.05, 4.69) is 0 Å². The molecule has 1 heterocycles. The first-order valence-electron chi connectivity index (χ1n) is 5.49. The first-order valence-corrected chi connectivity index (χ1v) is 5.49. The van der Waals surface area contributed by atoms with Crippen LogP contribution in [0.3, 0.4) is 0 Å². The second-order valence-corrected chi connectivity index (χ2v) is 4.24. The maximum atomic E-state index is 12.3. The summed E-state index contributed by atoms with van der Waals surface area (Å²) in [6.07, 6.45) is -4.42. The first-order chi connectivity index (χ1) is 8.41. The van der Waals surface area contributed by atoms with E-state index in [9.17, 15) is 18.0 Å². The lowest BCUT2D eigenvalue weighted by Gasteiger charge is -2.29. The summed E-state index contributed by atoms with van der Waals surface area (Å²) in [6, 6.07) is 5.17. The molecule has 0 atom stereocenters. The molecule has 1 aromatic rings. The number of aliphatic hydroxyl groups excluding tert-OH is 1. The fraction of sp³-hybridized carbons (Fsp3) is 0.417.